The van der Waals surface area contributed by atoms with Gasteiger partial charge in [0.25, 0.3) is 0 Å². The zero-order valence-corrected chi connectivity index (χ0v) is 11.1. The molecule has 2 rings (SSSR count). The largest absolute Gasteiger partial charge is 0.312 e. The Bertz CT molecular complexity index is 303. The molecule has 1 aliphatic heterocycles. The minimum atomic E-state index is 0. The summed E-state index contributed by atoms with van der Waals surface area (Å²) in [6.07, 6.45) is 0. The number of thiophene rings is 1. The highest BCUT2D eigenvalue weighted by molar-refractivity contribution is 7.08. The summed E-state index contributed by atoms with van der Waals surface area (Å²) in [6.45, 7) is 6.54. The number of halogens is 2. The quantitative estimate of drug-likeness (QED) is 0.886. The van der Waals surface area contributed by atoms with Crippen LogP contribution < -0.4 is 5.32 Å². The second-order valence-corrected chi connectivity index (χ2v) is 4.99. The summed E-state index contributed by atoms with van der Waals surface area (Å²) in [5, 5.41) is 8.50. The smallest absolute Gasteiger partial charge is 0.0557 e. The van der Waals surface area contributed by atoms with Crippen molar-refractivity contribution in [3.8, 4) is 0 Å². The Morgan fingerprint density at radius 1 is 1.60 bits per heavy atom. The molecule has 0 radical (unpaired) electrons. The van der Waals surface area contributed by atoms with E-state index in [1.54, 1.807) is 11.3 Å². The van der Waals surface area contributed by atoms with E-state index in [0.29, 0.717) is 6.04 Å². The van der Waals surface area contributed by atoms with Crippen LogP contribution in [0.3, 0.4) is 0 Å². The maximum absolute atomic E-state index is 6.06. The van der Waals surface area contributed by atoms with Crippen molar-refractivity contribution in [2.75, 3.05) is 19.6 Å². The van der Waals surface area contributed by atoms with Crippen molar-refractivity contribution in [1.29, 1.82) is 0 Å². The summed E-state index contributed by atoms with van der Waals surface area (Å²) in [6, 6.07) is 0.598. The summed E-state index contributed by atoms with van der Waals surface area (Å²) in [4.78, 5) is 2.45. The normalized spacial score (nSPS) is 22.4. The van der Waals surface area contributed by atoms with Gasteiger partial charge in [-0.2, -0.15) is 11.3 Å². The third-order valence-electron chi connectivity index (χ3n) is 2.54. The van der Waals surface area contributed by atoms with Gasteiger partial charge in [0.2, 0.25) is 0 Å². The average Bonchev–Trinajstić information content (AvgIpc) is 2.52. The average molecular weight is 267 g/mol. The van der Waals surface area contributed by atoms with Gasteiger partial charge in [0.05, 0.1) is 5.02 Å². The molecule has 2 nitrogen and oxygen atoms in total. The second-order valence-electron chi connectivity index (χ2n) is 3.84. The van der Waals surface area contributed by atoms with Crippen LogP contribution in [-0.4, -0.2) is 30.6 Å². The van der Waals surface area contributed by atoms with Crippen molar-refractivity contribution in [1.82, 2.24) is 10.2 Å². The Hall–Kier alpha value is 0.200. The Kier molecular flexibility index (Phi) is 5.36. The first-order valence-corrected chi connectivity index (χ1v) is 6.24. The van der Waals surface area contributed by atoms with E-state index in [9.17, 15) is 0 Å². The van der Waals surface area contributed by atoms with Gasteiger partial charge in [0, 0.05) is 37.6 Å². The lowest BCUT2D eigenvalue weighted by Gasteiger charge is -2.31. The van der Waals surface area contributed by atoms with Crippen LogP contribution in [0.2, 0.25) is 5.02 Å². The Morgan fingerprint density at radius 3 is 3.00 bits per heavy atom. The number of nitrogens with one attached hydrogen (secondary N) is 1. The molecule has 0 aromatic carbocycles. The number of hydrogen-bond donors (Lipinski definition) is 1. The predicted molar refractivity (Wildman–Crippen MR) is 69.3 cm³/mol. The van der Waals surface area contributed by atoms with Gasteiger partial charge in [0.1, 0.15) is 0 Å². The number of piperazine rings is 1. The van der Waals surface area contributed by atoms with Crippen LogP contribution >= 0.6 is 35.3 Å². The maximum atomic E-state index is 6.06. The summed E-state index contributed by atoms with van der Waals surface area (Å²) in [7, 11) is 0. The van der Waals surface area contributed by atoms with E-state index in [4.69, 9.17) is 11.6 Å². The summed E-state index contributed by atoms with van der Waals surface area (Å²) in [5.41, 5.74) is 1.27. The Labute approximate surface area is 106 Å². The molecule has 2 heterocycles. The van der Waals surface area contributed by atoms with Crippen molar-refractivity contribution in [2.45, 2.75) is 19.5 Å². The van der Waals surface area contributed by atoms with Gasteiger partial charge >= 0.3 is 0 Å². The molecular formula is C10H16Cl2N2S. The molecule has 0 saturated carbocycles. The summed E-state index contributed by atoms with van der Waals surface area (Å²) in [5.74, 6) is 0. The van der Waals surface area contributed by atoms with Gasteiger partial charge in [-0.3, -0.25) is 4.90 Å². The highest BCUT2D eigenvalue weighted by Gasteiger charge is 2.16. The summed E-state index contributed by atoms with van der Waals surface area (Å²) >= 11 is 7.74. The standard InChI is InChI=1S/C10H15ClN2S.ClH/c1-8-4-13(3-2-12-8)5-9-6-14-7-10(9)11;/h6-8,12H,2-5H2,1H3;1H. The van der Waals surface area contributed by atoms with Crippen LogP contribution in [0.5, 0.6) is 0 Å². The van der Waals surface area contributed by atoms with Crippen LogP contribution in [0.4, 0.5) is 0 Å². The lowest BCUT2D eigenvalue weighted by atomic mass is 10.2. The van der Waals surface area contributed by atoms with Gasteiger partial charge in [-0.15, -0.1) is 12.4 Å². The van der Waals surface area contributed by atoms with Crippen LogP contribution in [0.25, 0.3) is 0 Å². The molecule has 1 unspecified atom stereocenters. The molecule has 0 aliphatic carbocycles. The van der Waals surface area contributed by atoms with Crippen LogP contribution in [0.1, 0.15) is 12.5 Å². The number of rotatable bonds is 2. The van der Waals surface area contributed by atoms with Crippen molar-refractivity contribution < 1.29 is 0 Å². The first-order valence-electron chi connectivity index (χ1n) is 4.92. The Morgan fingerprint density at radius 2 is 2.40 bits per heavy atom. The van der Waals surface area contributed by atoms with Crippen molar-refractivity contribution in [2.24, 2.45) is 0 Å². The minimum absolute atomic E-state index is 0. The first-order chi connectivity index (χ1) is 6.75. The number of hydrogen-bond acceptors (Lipinski definition) is 3. The lowest BCUT2D eigenvalue weighted by molar-refractivity contribution is 0.200. The fourth-order valence-corrected chi connectivity index (χ4v) is 2.86. The molecule has 5 heteroatoms. The zero-order chi connectivity index (χ0) is 9.97. The summed E-state index contributed by atoms with van der Waals surface area (Å²) < 4.78 is 0. The molecule has 15 heavy (non-hydrogen) atoms. The molecule has 0 spiro atoms. The van der Waals surface area contributed by atoms with Gasteiger partial charge in [-0.05, 0) is 17.9 Å². The molecule has 1 atom stereocenters. The zero-order valence-electron chi connectivity index (χ0n) is 8.70. The molecule has 0 bridgehead atoms. The third kappa shape index (κ3) is 3.61. The van der Waals surface area contributed by atoms with Crippen molar-refractivity contribution in [3.05, 3.63) is 21.3 Å². The number of nitrogens with zero attached hydrogens (tertiary/aromatic N) is 1. The second kappa shape index (κ2) is 6.06. The minimum Gasteiger partial charge on any atom is -0.312 e. The van der Waals surface area contributed by atoms with E-state index in [2.05, 4.69) is 22.5 Å². The first kappa shape index (κ1) is 13.3. The molecule has 86 valence electrons. The van der Waals surface area contributed by atoms with Crippen LogP contribution in [0, 0.1) is 0 Å². The predicted octanol–water partition coefficient (Wildman–Crippen LogP) is 2.62. The van der Waals surface area contributed by atoms with E-state index in [0.717, 1.165) is 31.2 Å². The fourth-order valence-electron chi connectivity index (χ4n) is 1.82. The highest BCUT2D eigenvalue weighted by atomic mass is 35.5. The molecular weight excluding hydrogens is 251 g/mol. The molecule has 0 amide bonds. The van der Waals surface area contributed by atoms with Crippen LogP contribution in [0.15, 0.2) is 10.8 Å². The van der Waals surface area contributed by atoms with Gasteiger partial charge in [-0.1, -0.05) is 11.6 Å². The van der Waals surface area contributed by atoms with E-state index in [-0.39, 0.29) is 12.4 Å². The SMILES string of the molecule is CC1CN(Cc2cscc2Cl)CCN1.Cl. The van der Waals surface area contributed by atoms with E-state index in [1.165, 1.54) is 5.56 Å². The molecule has 1 saturated heterocycles. The highest BCUT2D eigenvalue weighted by Crippen LogP contribution is 2.22. The molecule has 1 aromatic heterocycles. The van der Waals surface area contributed by atoms with Gasteiger partial charge in [0.15, 0.2) is 0 Å². The van der Waals surface area contributed by atoms with Crippen molar-refractivity contribution in [3.63, 3.8) is 0 Å². The third-order valence-corrected chi connectivity index (χ3v) is 3.81. The van der Waals surface area contributed by atoms with E-state index >= 15 is 0 Å². The Balaban J connectivity index is 0.00000112. The van der Waals surface area contributed by atoms with Gasteiger partial charge in [-0.25, -0.2) is 0 Å². The molecule has 1 aliphatic rings. The fraction of sp³-hybridized carbons (Fsp3) is 0.600. The molecule has 1 aromatic rings. The van der Waals surface area contributed by atoms with E-state index in [1.807, 2.05) is 5.38 Å². The molecule has 1 N–H and O–H groups in total. The molecule has 1 fully saturated rings. The van der Waals surface area contributed by atoms with Gasteiger partial charge < -0.3 is 5.32 Å². The topological polar surface area (TPSA) is 15.3 Å². The maximum Gasteiger partial charge on any atom is 0.0557 e. The van der Waals surface area contributed by atoms with E-state index < -0.39 is 0 Å². The monoisotopic (exact) mass is 266 g/mol. The van der Waals surface area contributed by atoms with Crippen LogP contribution in [-0.2, 0) is 6.54 Å². The lowest BCUT2D eigenvalue weighted by Crippen LogP contribution is -2.48. The van der Waals surface area contributed by atoms with Crippen molar-refractivity contribution >= 4 is 35.3 Å².